The first-order valence-electron chi connectivity index (χ1n) is 7.34. The Bertz CT molecular complexity index is 233. The SMILES string of the molecule is FC(F)C(F)C(F)C(F)CSCCCCCCCCCBr. The van der Waals surface area contributed by atoms with Gasteiger partial charge in [0.1, 0.15) is 6.17 Å². The van der Waals surface area contributed by atoms with Gasteiger partial charge in [-0.1, -0.05) is 48.0 Å². The van der Waals surface area contributed by atoms with E-state index in [9.17, 15) is 22.0 Å². The first-order chi connectivity index (χ1) is 10.0. The number of halogens is 6. The molecule has 0 aliphatic rings. The fraction of sp³-hybridized carbons (Fsp3) is 1.00. The fourth-order valence-corrected chi connectivity index (χ4v) is 3.19. The van der Waals surface area contributed by atoms with Gasteiger partial charge in [-0.05, 0) is 18.6 Å². The fourth-order valence-electron chi connectivity index (χ4n) is 1.81. The second-order valence-electron chi connectivity index (χ2n) is 4.98. The van der Waals surface area contributed by atoms with Crippen molar-refractivity contribution in [1.29, 1.82) is 0 Å². The van der Waals surface area contributed by atoms with E-state index in [2.05, 4.69) is 15.9 Å². The van der Waals surface area contributed by atoms with Crippen molar-refractivity contribution in [2.24, 2.45) is 0 Å². The standard InChI is InChI=1S/C14H24BrF5S/c15-8-6-4-2-1-3-5-7-9-21-10-11(16)12(17)13(18)14(19)20/h11-14H,1-10H2. The largest absolute Gasteiger partial charge is 0.272 e. The summed E-state index contributed by atoms with van der Waals surface area (Å²) in [6.45, 7) is 0. The first-order valence-corrected chi connectivity index (χ1v) is 9.62. The zero-order valence-electron chi connectivity index (χ0n) is 12.1. The summed E-state index contributed by atoms with van der Waals surface area (Å²) in [5, 5.41) is 1.04. The molecule has 3 unspecified atom stereocenters. The van der Waals surface area contributed by atoms with Crippen LogP contribution in [0.4, 0.5) is 22.0 Å². The van der Waals surface area contributed by atoms with E-state index in [1.807, 2.05) is 0 Å². The molecule has 0 amide bonds. The summed E-state index contributed by atoms with van der Waals surface area (Å²) in [4.78, 5) is 0. The highest BCUT2D eigenvalue weighted by Gasteiger charge is 2.36. The normalized spacial score (nSPS) is 16.1. The van der Waals surface area contributed by atoms with Crippen molar-refractivity contribution in [3.05, 3.63) is 0 Å². The molecule has 7 heteroatoms. The van der Waals surface area contributed by atoms with Crippen LogP contribution in [0.2, 0.25) is 0 Å². The van der Waals surface area contributed by atoms with Gasteiger partial charge < -0.3 is 0 Å². The van der Waals surface area contributed by atoms with Crippen LogP contribution < -0.4 is 0 Å². The molecule has 128 valence electrons. The predicted molar refractivity (Wildman–Crippen MR) is 84.1 cm³/mol. The van der Waals surface area contributed by atoms with E-state index in [0.29, 0.717) is 5.75 Å². The van der Waals surface area contributed by atoms with Gasteiger partial charge in [0.05, 0.1) is 0 Å². The molecule has 0 aromatic carbocycles. The second-order valence-corrected chi connectivity index (χ2v) is 6.92. The molecule has 0 fully saturated rings. The molecule has 0 spiro atoms. The maximum Gasteiger partial charge on any atom is 0.272 e. The Labute approximate surface area is 136 Å². The summed E-state index contributed by atoms with van der Waals surface area (Å²) in [5.41, 5.74) is 0. The van der Waals surface area contributed by atoms with E-state index in [0.717, 1.165) is 36.4 Å². The Kier molecular flexibility index (Phi) is 14.4. The number of alkyl halides is 6. The molecule has 0 aromatic heterocycles. The molecule has 0 aliphatic heterocycles. The monoisotopic (exact) mass is 398 g/mol. The predicted octanol–water partition coefficient (Wildman–Crippen LogP) is 6.12. The average Bonchev–Trinajstić information content (AvgIpc) is 2.47. The van der Waals surface area contributed by atoms with E-state index in [-0.39, 0.29) is 5.75 Å². The van der Waals surface area contributed by atoms with E-state index in [1.54, 1.807) is 0 Å². The minimum Gasteiger partial charge on any atom is -0.243 e. The molecular weight excluding hydrogens is 375 g/mol. The smallest absolute Gasteiger partial charge is 0.243 e. The highest BCUT2D eigenvalue weighted by Crippen LogP contribution is 2.21. The lowest BCUT2D eigenvalue weighted by Gasteiger charge is -2.16. The zero-order valence-corrected chi connectivity index (χ0v) is 14.5. The lowest BCUT2D eigenvalue weighted by molar-refractivity contribution is -0.0186. The van der Waals surface area contributed by atoms with Crippen LogP contribution in [0.5, 0.6) is 0 Å². The Hall–Kier alpha value is 0.480. The maximum absolute atomic E-state index is 13.2. The first kappa shape index (κ1) is 21.5. The van der Waals surface area contributed by atoms with Gasteiger partial charge in [-0.3, -0.25) is 0 Å². The third kappa shape index (κ3) is 11.7. The van der Waals surface area contributed by atoms with Crippen LogP contribution >= 0.6 is 27.7 Å². The van der Waals surface area contributed by atoms with Gasteiger partial charge in [-0.2, -0.15) is 11.8 Å². The number of hydrogen-bond acceptors (Lipinski definition) is 1. The lowest BCUT2D eigenvalue weighted by atomic mass is 10.1. The molecule has 0 radical (unpaired) electrons. The Balaban J connectivity index is 3.42. The van der Waals surface area contributed by atoms with Gasteiger partial charge in [0, 0.05) is 11.1 Å². The van der Waals surface area contributed by atoms with Crippen molar-refractivity contribution in [2.45, 2.75) is 69.9 Å². The third-order valence-electron chi connectivity index (χ3n) is 3.09. The van der Waals surface area contributed by atoms with E-state index in [1.165, 1.54) is 25.7 Å². The van der Waals surface area contributed by atoms with Crippen LogP contribution in [0.3, 0.4) is 0 Å². The van der Waals surface area contributed by atoms with Crippen LogP contribution in [-0.2, 0) is 0 Å². The number of rotatable bonds is 14. The lowest BCUT2D eigenvalue weighted by Crippen LogP contribution is -2.34. The minimum atomic E-state index is -3.47. The quantitative estimate of drug-likeness (QED) is 0.193. The summed E-state index contributed by atoms with van der Waals surface area (Å²) < 4.78 is 62.5. The number of thioether (sulfide) groups is 1. The number of hydrogen-bond donors (Lipinski definition) is 0. The van der Waals surface area contributed by atoms with E-state index in [4.69, 9.17) is 0 Å². The van der Waals surface area contributed by atoms with Crippen molar-refractivity contribution in [2.75, 3.05) is 16.8 Å². The van der Waals surface area contributed by atoms with Crippen LogP contribution in [0, 0.1) is 0 Å². The molecular formula is C14H24BrF5S. The van der Waals surface area contributed by atoms with E-state index < -0.39 is 24.9 Å². The topological polar surface area (TPSA) is 0 Å². The molecule has 0 saturated carbocycles. The third-order valence-corrected chi connectivity index (χ3v) is 4.78. The molecule has 3 atom stereocenters. The van der Waals surface area contributed by atoms with Crippen molar-refractivity contribution in [3.8, 4) is 0 Å². The molecule has 0 heterocycles. The second kappa shape index (κ2) is 14.1. The number of unbranched alkanes of at least 4 members (excludes halogenated alkanes) is 6. The molecule has 0 aromatic rings. The molecule has 0 bridgehead atoms. The Morgan fingerprint density at radius 2 is 1.24 bits per heavy atom. The van der Waals surface area contributed by atoms with Crippen molar-refractivity contribution >= 4 is 27.7 Å². The molecule has 0 N–H and O–H groups in total. The molecule has 0 nitrogen and oxygen atoms in total. The van der Waals surface area contributed by atoms with Gasteiger partial charge >= 0.3 is 0 Å². The van der Waals surface area contributed by atoms with Gasteiger partial charge in [-0.25, -0.2) is 22.0 Å². The van der Waals surface area contributed by atoms with Crippen molar-refractivity contribution in [1.82, 2.24) is 0 Å². The zero-order chi connectivity index (χ0) is 16.1. The summed E-state index contributed by atoms with van der Waals surface area (Å²) >= 11 is 4.53. The van der Waals surface area contributed by atoms with Crippen LogP contribution in [0.1, 0.15) is 44.9 Å². The summed E-state index contributed by atoms with van der Waals surface area (Å²) in [5.74, 6) is 0.389. The van der Waals surface area contributed by atoms with Crippen LogP contribution in [-0.4, -0.2) is 41.8 Å². The van der Waals surface area contributed by atoms with Crippen molar-refractivity contribution in [3.63, 3.8) is 0 Å². The molecule has 0 rings (SSSR count). The van der Waals surface area contributed by atoms with Gasteiger partial charge in [-0.15, -0.1) is 0 Å². The maximum atomic E-state index is 13.2. The van der Waals surface area contributed by atoms with Gasteiger partial charge in [0.25, 0.3) is 6.43 Å². The van der Waals surface area contributed by atoms with Crippen LogP contribution in [0.25, 0.3) is 0 Å². The summed E-state index contributed by atoms with van der Waals surface area (Å²) in [6, 6.07) is 0. The highest BCUT2D eigenvalue weighted by molar-refractivity contribution is 9.09. The van der Waals surface area contributed by atoms with Crippen molar-refractivity contribution < 1.29 is 22.0 Å². The molecule has 0 aliphatic carbocycles. The molecule has 0 saturated heterocycles. The summed E-state index contributed by atoms with van der Waals surface area (Å²) in [7, 11) is 0. The summed E-state index contributed by atoms with van der Waals surface area (Å²) in [6.07, 6.45) is -3.56. The minimum absolute atomic E-state index is 0.264. The Morgan fingerprint density at radius 1 is 0.714 bits per heavy atom. The molecule has 21 heavy (non-hydrogen) atoms. The average molecular weight is 399 g/mol. The Morgan fingerprint density at radius 3 is 1.76 bits per heavy atom. The van der Waals surface area contributed by atoms with Gasteiger partial charge in [0.15, 0.2) is 12.3 Å². The van der Waals surface area contributed by atoms with Crippen LogP contribution in [0.15, 0.2) is 0 Å². The van der Waals surface area contributed by atoms with Gasteiger partial charge in [0.2, 0.25) is 0 Å². The highest BCUT2D eigenvalue weighted by atomic mass is 79.9. The van der Waals surface area contributed by atoms with E-state index >= 15 is 0 Å².